The van der Waals surface area contributed by atoms with Crippen LogP contribution in [0.1, 0.15) is 56.6 Å². The maximum atomic E-state index is 13.1. The van der Waals surface area contributed by atoms with E-state index in [4.69, 9.17) is 14.2 Å². The van der Waals surface area contributed by atoms with Crippen molar-refractivity contribution in [3.63, 3.8) is 0 Å². The SMILES string of the molecule is CCOC(Cc1ccc(OCCN(CCCOCc2ccccc2)C(=O)NC2CCCCC2)cc1)C(=O)O. The van der Waals surface area contributed by atoms with Gasteiger partial charge in [0.05, 0.1) is 13.2 Å². The molecule has 1 aliphatic rings. The molecule has 208 valence electrons. The molecule has 2 aromatic carbocycles. The number of carbonyl (C=O) groups is 2. The summed E-state index contributed by atoms with van der Waals surface area (Å²) in [5.74, 6) is -0.292. The highest BCUT2D eigenvalue weighted by atomic mass is 16.5. The predicted octanol–water partition coefficient (Wildman–Crippen LogP) is 5.05. The molecule has 2 amide bonds. The van der Waals surface area contributed by atoms with Gasteiger partial charge in [-0.15, -0.1) is 0 Å². The molecule has 0 saturated heterocycles. The van der Waals surface area contributed by atoms with Crippen LogP contribution >= 0.6 is 0 Å². The first-order valence-electron chi connectivity index (χ1n) is 13.8. The van der Waals surface area contributed by atoms with Gasteiger partial charge in [-0.2, -0.15) is 0 Å². The minimum absolute atomic E-state index is 0.0467. The molecule has 1 saturated carbocycles. The molecule has 0 bridgehead atoms. The lowest BCUT2D eigenvalue weighted by atomic mass is 9.96. The van der Waals surface area contributed by atoms with Gasteiger partial charge in [-0.3, -0.25) is 0 Å². The number of urea groups is 1. The molecule has 3 rings (SSSR count). The number of amides is 2. The summed E-state index contributed by atoms with van der Waals surface area (Å²) in [6.07, 6.45) is 5.81. The minimum Gasteiger partial charge on any atom is -0.492 e. The average molecular weight is 527 g/mol. The zero-order valence-corrected chi connectivity index (χ0v) is 22.5. The normalized spacial score (nSPS) is 14.6. The van der Waals surface area contributed by atoms with Crippen molar-refractivity contribution in [3.05, 3.63) is 65.7 Å². The highest BCUT2D eigenvalue weighted by molar-refractivity contribution is 5.74. The van der Waals surface area contributed by atoms with E-state index in [1.165, 1.54) is 6.42 Å². The van der Waals surface area contributed by atoms with Crippen molar-refractivity contribution in [3.8, 4) is 5.75 Å². The van der Waals surface area contributed by atoms with Gasteiger partial charge < -0.3 is 29.5 Å². The molecular formula is C30H42N2O6. The lowest BCUT2D eigenvalue weighted by Gasteiger charge is -2.28. The summed E-state index contributed by atoms with van der Waals surface area (Å²) in [5, 5.41) is 12.5. The molecular weight excluding hydrogens is 484 g/mol. The Morgan fingerprint density at radius 2 is 1.71 bits per heavy atom. The predicted molar refractivity (Wildman–Crippen MR) is 146 cm³/mol. The molecule has 1 fully saturated rings. The van der Waals surface area contributed by atoms with Gasteiger partial charge in [0, 0.05) is 32.2 Å². The van der Waals surface area contributed by atoms with Crippen molar-refractivity contribution < 1.29 is 28.9 Å². The summed E-state index contributed by atoms with van der Waals surface area (Å²) < 4.78 is 17.0. The third-order valence-corrected chi connectivity index (χ3v) is 6.67. The number of hydrogen-bond acceptors (Lipinski definition) is 5. The van der Waals surface area contributed by atoms with Crippen molar-refractivity contribution in [2.24, 2.45) is 0 Å². The van der Waals surface area contributed by atoms with E-state index < -0.39 is 12.1 Å². The number of carbonyl (C=O) groups excluding carboxylic acids is 1. The van der Waals surface area contributed by atoms with E-state index in [2.05, 4.69) is 5.32 Å². The van der Waals surface area contributed by atoms with E-state index in [0.717, 1.165) is 43.2 Å². The van der Waals surface area contributed by atoms with Gasteiger partial charge >= 0.3 is 12.0 Å². The molecule has 2 N–H and O–H groups in total. The number of benzene rings is 2. The van der Waals surface area contributed by atoms with Crippen molar-refractivity contribution in [1.29, 1.82) is 0 Å². The van der Waals surface area contributed by atoms with Crippen molar-refractivity contribution in [1.82, 2.24) is 10.2 Å². The Hall–Kier alpha value is -3.10. The lowest BCUT2D eigenvalue weighted by molar-refractivity contribution is -0.149. The maximum absolute atomic E-state index is 13.1. The Bertz CT molecular complexity index is 947. The Kier molecular flexibility index (Phi) is 12.9. The van der Waals surface area contributed by atoms with E-state index in [9.17, 15) is 14.7 Å². The third-order valence-electron chi connectivity index (χ3n) is 6.67. The minimum atomic E-state index is -0.968. The summed E-state index contributed by atoms with van der Waals surface area (Å²) in [6, 6.07) is 17.6. The molecule has 0 spiro atoms. The van der Waals surface area contributed by atoms with Crippen LogP contribution in [-0.2, 0) is 27.3 Å². The fourth-order valence-corrected chi connectivity index (χ4v) is 4.58. The molecule has 1 aliphatic carbocycles. The second kappa shape index (κ2) is 16.7. The van der Waals surface area contributed by atoms with Crippen LogP contribution < -0.4 is 10.1 Å². The third kappa shape index (κ3) is 10.7. The molecule has 38 heavy (non-hydrogen) atoms. The Labute approximate surface area is 226 Å². The first kappa shape index (κ1) is 29.5. The summed E-state index contributed by atoms with van der Waals surface area (Å²) in [5.41, 5.74) is 2.00. The average Bonchev–Trinajstić information content (AvgIpc) is 2.93. The van der Waals surface area contributed by atoms with Gasteiger partial charge in [-0.1, -0.05) is 61.7 Å². The topological polar surface area (TPSA) is 97.3 Å². The molecule has 0 aliphatic heterocycles. The fourth-order valence-electron chi connectivity index (χ4n) is 4.58. The number of carboxylic acids is 1. The van der Waals surface area contributed by atoms with Gasteiger partial charge in [0.15, 0.2) is 6.10 Å². The number of nitrogens with one attached hydrogen (secondary N) is 1. The van der Waals surface area contributed by atoms with Crippen LogP contribution in [0.15, 0.2) is 54.6 Å². The Morgan fingerprint density at radius 1 is 0.974 bits per heavy atom. The van der Waals surface area contributed by atoms with Crippen LogP contribution in [0.3, 0.4) is 0 Å². The Balaban J connectivity index is 1.46. The second-order valence-electron chi connectivity index (χ2n) is 9.64. The van der Waals surface area contributed by atoms with Crippen LogP contribution in [-0.4, -0.2) is 67.1 Å². The lowest BCUT2D eigenvalue weighted by Crippen LogP contribution is -2.47. The smallest absolute Gasteiger partial charge is 0.333 e. The standard InChI is InChI=1S/C30H42N2O6/c1-2-37-28(29(33)34)22-24-14-16-27(17-15-24)38-21-19-32(30(35)31-26-12-7-4-8-13-26)18-9-20-36-23-25-10-5-3-6-11-25/h3,5-6,10-11,14-17,26,28H,2,4,7-9,12-13,18-23H2,1H3,(H,31,35)(H,33,34). The monoisotopic (exact) mass is 526 g/mol. The molecule has 0 heterocycles. The summed E-state index contributed by atoms with van der Waals surface area (Å²) >= 11 is 0. The van der Waals surface area contributed by atoms with Gasteiger partial charge in [0.25, 0.3) is 0 Å². The summed E-state index contributed by atoms with van der Waals surface area (Å²) in [6.45, 7) is 4.67. The highest BCUT2D eigenvalue weighted by Gasteiger charge is 2.20. The Morgan fingerprint density at radius 3 is 2.39 bits per heavy atom. The summed E-state index contributed by atoms with van der Waals surface area (Å²) in [7, 11) is 0. The van der Waals surface area contributed by atoms with Gasteiger partial charge in [0.1, 0.15) is 12.4 Å². The molecule has 0 aromatic heterocycles. The molecule has 1 atom stereocenters. The van der Waals surface area contributed by atoms with Crippen LogP contribution in [0.2, 0.25) is 0 Å². The van der Waals surface area contributed by atoms with E-state index in [1.807, 2.05) is 59.5 Å². The molecule has 0 radical (unpaired) electrons. The van der Waals surface area contributed by atoms with Crippen LogP contribution in [0.5, 0.6) is 5.75 Å². The fraction of sp³-hybridized carbons (Fsp3) is 0.533. The summed E-state index contributed by atoms with van der Waals surface area (Å²) in [4.78, 5) is 26.2. The quantitative estimate of drug-likeness (QED) is 0.297. The zero-order chi connectivity index (χ0) is 27.0. The number of ether oxygens (including phenoxy) is 3. The van der Waals surface area contributed by atoms with Crippen molar-refractivity contribution in [2.75, 3.05) is 32.9 Å². The van der Waals surface area contributed by atoms with E-state index in [0.29, 0.717) is 51.7 Å². The van der Waals surface area contributed by atoms with Crippen molar-refractivity contribution >= 4 is 12.0 Å². The van der Waals surface area contributed by atoms with E-state index >= 15 is 0 Å². The molecule has 8 nitrogen and oxygen atoms in total. The van der Waals surface area contributed by atoms with Gasteiger partial charge in [0.2, 0.25) is 0 Å². The van der Waals surface area contributed by atoms with Crippen molar-refractivity contribution in [2.45, 2.75) is 70.6 Å². The number of hydrogen-bond donors (Lipinski definition) is 2. The first-order chi connectivity index (χ1) is 18.5. The second-order valence-corrected chi connectivity index (χ2v) is 9.64. The van der Waals surface area contributed by atoms with Gasteiger partial charge in [-0.25, -0.2) is 9.59 Å². The molecule has 1 unspecified atom stereocenters. The van der Waals surface area contributed by atoms with E-state index in [1.54, 1.807) is 6.92 Å². The number of rotatable bonds is 16. The number of carboxylic acid groups (broad SMARTS) is 1. The van der Waals surface area contributed by atoms with E-state index in [-0.39, 0.29) is 12.1 Å². The number of nitrogens with zero attached hydrogens (tertiary/aromatic N) is 1. The van der Waals surface area contributed by atoms with Crippen LogP contribution in [0, 0.1) is 0 Å². The number of aliphatic carboxylic acids is 1. The molecule has 2 aromatic rings. The zero-order valence-electron chi connectivity index (χ0n) is 22.5. The highest BCUT2D eigenvalue weighted by Crippen LogP contribution is 2.18. The molecule has 8 heteroatoms. The maximum Gasteiger partial charge on any atom is 0.333 e. The van der Waals surface area contributed by atoms with Crippen LogP contribution in [0.4, 0.5) is 4.79 Å². The van der Waals surface area contributed by atoms with Gasteiger partial charge in [-0.05, 0) is 49.4 Å². The van der Waals surface area contributed by atoms with Crippen LogP contribution in [0.25, 0.3) is 0 Å². The largest absolute Gasteiger partial charge is 0.492 e. The first-order valence-corrected chi connectivity index (χ1v) is 13.8.